The first-order valence-electron chi connectivity index (χ1n) is 19.7. The van der Waals surface area contributed by atoms with Crippen LogP contribution in [-0.2, 0) is 64.0 Å². The molecule has 6 aromatic rings. The van der Waals surface area contributed by atoms with E-state index < -0.39 is 0 Å². The minimum atomic E-state index is -0.0182. The van der Waals surface area contributed by atoms with E-state index in [2.05, 4.69) is 236 Å². The van der Waals surface area contributed by atoms with Crippen LogP contribution in [0.4, 0.5) is 34.1 Å². The van der Waals surface area contributed by atoms with E-state index in [4.69, 9.17) is 0 Å². The van der Waals surface area contributed by atoms with Gasteiger partial charge in [0.2, 0.25) is 0 Å². The normalized spacial score (nSPS) is 13.3. The predicted octanol–water partition coefficient (Wildman–Crippen LogP) is 10.6. The second kappa shape index (κ2) is 20.5. The van der Waals surface area contributed by atoms with Crippen molar-refractivity contribution in [2.75, 3.05) is 33.7 Å². The summed E-state index contributed by atoms with van der Waals surface area (Å²) in [6.45, 7) is 29.6. The molecule has 4 heterocycles. The molecule has 0 aliphatic carbocycles. The Kier molecular flexibility index (Phi) is 17.1. The van der Waals surface area contributed by atoms with Gasteiger partial charge in [-0.25, -0.2) is 0 Å². The fraction of sp³-hybridized carbons (Fsp3) is 0.375. The molecule has 0 unspecified atom stereocenters. The van der Waals surface area contributed by atoms with Gasteiger partial charge in [-0.1, -0.05) is 65.8 Å². The third-order valence-electron chi connectivity index (χ3n) is 9.14. The van der Waals surface area contributed by atoms with Crippen molar-refractivity contribution in [1.82, 2.24) is 29.5 Å². The van der Waals surface area contributed by atoms with Crippen molar-refractivity contribution in [3.63, 3.8) is 0 Å². The number of nitrogens with zero attached hydrogens (tertiary/aromatic N) is 10. The van der Waals surface area contributed by atoms with E-state index in [-0.39, 0.29) is 64.0 Å². The van der Waals surface area contributed by atoms with Crippen molar-refractivity contribution >= 4 is 34.1 Å². The molecule has 4 aromatic carbocycles. The number of hydrogen-bond acceptors (Lipinski definition) is 8. The van der Waals surface area contributed by atoms with E-state index in [1.54, 1.807) is 0 Å². The van der Waals surface area contributed by atoms with Crippen LogP contribution in [-0.4, -0.2) is 43.6 Å². The van der Waals surface area contributed by atoms with Crippen molar-refractivity contribution in [2.45, 2.75) is 105 Å². The minimum Gasteiger partial charge on any atom is -0.504 e. The van der Waals surface area contributed by atoms with Crippen LogP contribution in [0.1, 0.15) is 94.7 Å². The predicted molar refractivity (Wildman–Crippen MR) is 238 cm³/mol. The molecule has 0 radical (unpaired) electrons. The number of hydrogen-bond donors (Lipinski definition) is 0. The molecule has 0 amide bonds. The maximum atomic E-state index is 4.18. The van der Waals surface area contributed by atoms with Crippen LogP contribution in [0.2, 0.25) is 0 Å². The Balaban J connectivity index is 0.000000213. The second-order valence-electron chi connectivity index (χ2n) is 18.4. The summed E-state index contributed by atoms with van der Waals surface area (Å²) in [6.07, 6.45) is 5.35. The summed E-state index contributed by atoms with van der Waals surface area (Å²) in [6, 6.07) is 39.2. The topological polar surface area (TPSA) is 74.4 Å². The summed E-state index contributed by atoms with van der Waals surface area (Å²) in [4.78, 5) is 16.9. The number of aromatic nitrogens is 6. The molecule has 60 heavy (non-hydrogen) atoms. The van der Waals surface area contributed by atoms with E-state index in [9.17, 15) is 0 Å². The van der Waals surface area contributed by atoms with Gasteiger partial charge in [-0.15, -0.1) is 11.4 Å². The van der Waals surface area contributed by atoms with Gasteiger partial charge in [0.05, 0.1) is 0 Å². The summed E-state index contributed by atoms with van der Waals surface area (Å²) in [5.74, 6) is 1.97. The molecule has 0 spiro atoms. The van der Waals surface area contributed by atoms with Crippen LogP contribution in [0.15, 0.2) is 97.1 Å². The van der Waals surface area contributed by atoms with Gasteiger partial charge >= 0.3 is 0 Å². The summed E-state index contributed by atoms with van der Waals surface area (Å²) < 4.78 is 3.88. The Labute approximate surface area is 388 Å². The van der Waals surface area contributed by atoms with Crippen molar-refractivity contribution in [3.8, 4) is 0 Å². The molecular formula is C48H60N10Pt2-6. The van der Waals surface area contributed by atoms with Gasteiger partial charge < -0.3 is 38.9 Å². The van der Waals surface area contributed by atoms with Gasteiger partial charge in [-0.2, -0.15) is 74.0 Å². The average molecular weight is 1170 g/mol. The summed E-state index contributed by atoms with van der Waals surface area (Å²) in [5.41, 5.74) is 7.00. The number of anilines is 6. The van der Waals surface area contributed by atoms with Gasteiger partial charge in [0, 0.05) is 76.0 Å². The first kappa shape index (κ1) is 50.1. The first-order chi connectivity index (χ1) is 27.2. The molecule has 12 heteroatoms. The van der Waals surface area contributed by atoms with Gasteiger partial charge in [0.1, 0.15) is 0 Å². The molecule has 2 aliphatic rings. The second-order valence-corrected chi connectivity index (χ2v) is 18.4. The third kappa shape index (κ3) is 12.4. The zero-order valence-corrected chi connectivity index (χ0v) is 42.0. The SMILES string of the molecule is CC(C)(C)c1n[c-]nn1C(C)(C)C.CC(C)(C)c1n[c-]nn1C(C)(C)C.CN1[CH-]N(c2[c-]cccc2)c2ccccc21.CN1[CH-]N(c2[c-]cccc2)c2ccccc21.[Pt].[Pt]. The molecule has 0 bridgehead atoms. The number of rotatable bonds is 2. The summed E-state index contributed by atoms with van der Waals surface area (Å²) in [5, 5.41) is 8.27. The Morgan fingerprint density at radius 2 is 0.767 bits per heavy atom. The van der Waals surface area contributed by atoms with Crippen molar-refractivity contribution in [1.29, 1.82) is 0 Å². The van der Waals surface area contributed by atoms with Crippen LogP contribution in [0.25, 0.3) is 0 Å². The molecule has 2 aliphatic heterocycles. The van der Waals surface area contributed by atoms with Crippen molar-refractivity contribution in [2.24, 2.45) is 0 Å². The van der Waals surface area contributed by atoms with Gasteiger partial charge in [-0.3, -0.25) is 10.2 Å². The molecule has 328 valence electrons. The van der Waals surface area contributed by atoms with Crippen LogP contribution in [0, 0.1) is 38.1 Å². The third-order valence-corrected chi connectivity index (χ3v) is 9.14. The Hall–Kier alpha value is -4.26. The van der Waals surface area contributed by atoms with Gasteiger partial charge in [-0.05, 0) is 115 Å². The summed E-state index contributed by atoms with van der Waals surface area (Å²) in [7, 11) is 4.11. The Morgan fingerprint density at radius 1 is 0.450 bits per heavy atom. The van der Waals surface area contributed by atoms with Gasteiger partial charge in [0.15, 0.2) is 0 Å². The molecule has 2 aromatic heterocycles. The van der Waals surface area contributed by atoms with Crippen molar-refractivity contribution < 1.29 is 42.1 Å². The first-order valence-corrected chi connectivity index (χ1v) is 19.7. The molecular weight excluding hydrogens is 1110 g/mol. The smallest absolute Gasteiger partial charge is 0.0357 e. The molecule has 8 rings (SSSR count). The van der Waals surface area contributed by atoms with Crippen LogP contribution in [0.3, 0.4) is 0 Å². The fourth-order valence-corrected chi connectivity index (χ4v) is 6.30. The number of para-hydroxylation sites is 6. The minimum absolute atomic E-state index is 0. The van der Waals surface area contributed by atoms with Crippen LogP contribution in [0.5, 0.6) is 0 Å². The fourth-order valence-electron chi connectivity index (χ4n) is 6.30. The average Bonchev–Trinajstić information content (AvgIpc) is 3.99. The number of benzene rings is 4. The molecule has 10 nitrogen and oxygen atoms in total. The standard InChI is InChI=1S/2C14H12N2.2C10H18N3.2Pt/c2*1-15-11-16(12-7-3-2-4-8-12)14-10-6-5-9-13(14)15;2*1-9(2,3)8-11-7-12-13(8)10(4,5)6;;/h2*2-7,9-11H,1H3;2*1-6H3;;/q2*-2;2*-1;;. The number of fused-ring (bicyclic) bond motifs is 2. The van der Waals surface area contributed by atoms with E-state index in [0.717, 1.165) is 23.0 Å². The van der Waals surface area contributed by atoms with E-state index >= 15 is 0 Å². The maximum absolute atomic E-state index is 4.18. The Morgan fingerprint density at radius 3 is 1.03 bits per heavy atom. The molecule has 0 N–H and O–H groups in total. The largest absolute Gasteiger partial charge is 0.504 e. The zero-order valence-electron chi connectivity index (χ0n) is 37.5. The van der Waals surface area contributed by atoms with Crippen molar-refractivity contribution in [3.05, 3.63) is 147 Å². The monoisotopic (exact) mass is 1170 g/mol. The zero-order chi connectivity index (χ0) is 42.5. The van der Waals surface area contributed by atoms with Crippen LogP contribution >= 0.6 is 0 Å². The quantitative estimate of drug-likeness (QED) is 0.159. The molecule has 0 saturated carbocycles. The molecule has 0 fully saturated rings. The van der Waals surface area contributed by atoms with Crippen LogP contribution < -0.4 is 19.6 Å². The maximum Gasteiger partial charge on any atom is 0.0357 e. The molecule has 0 atom stereocenters. The van der Waals surface area contributed by atoms with E-state index in [0.29, 0.717) is 0 Å². The van der Waals surface area contributed by atoms with E-state index in [1.807, 2.05) is 45.8 Å². The summed E-state index contributed by atoms with van der Waals surface area (Å²) >= 11 is 0. The van der Waals surface area contributed by atoms with E-state index in [1.165, 1.54) is 22.7 Å². The van der Waals surface area contributed by atoms with Gasteiger partial charge in [0.25, 0.3) is 0 Å². The Bertz CT molecular complexity index is 1980. The molecule has 0 saturated heterocycles.